The number of fused-ring (bicyclic) bond motifs is 3. The highest BCUT2D eigenvalue weighted by Gasteiger charge is 2.26. The van der Waals surface area contributed by atoms with Crippen LogP contribution < -0.4 is 9.46 Å². The van der Waals surface area contributed by atoms with Crippen LogP contribution in [0.2, 0.25) is 0 Å². The first-order valence-electron chi connectivity index (χ1n) is 9.59. The summed E-state index contributed by atoms with van der Waals surface area (Å²) in [5.41, 5.74) is 3.00. The maximum Gasteiger partial charge on any atom is 0.242 e. The van der Waals surface area contributed by atoms with Gasteiger partial charge in [0.25, 0.3) is 0 Å². The van der Waals surface area contributed by atoms with Crippen LogP contribution in [0.3, 0.4) is 0 Å². The van der Waals surface area contributed by atoms with E-state index in [9.17, 15) is 8.42 Å². The number of nitrogens with one attached hydrogen (secondary N) is 2. The van der Waals surface area contributed by atoms with Gasteiger partial charge in [-0.15, -0.1) is 0 Å². The van der Waals surface area contributed by atoms with Crippen LogP contribution in [0.15, 0.2) is 66.0 Å². The highest BCUT2D eigenvalue weighted by Crippen LogP contribution is 2.27. The molecule has 0 saturated heterocycles. The molecule has 8 nitrogen and oxygen atoms in total. The van der Waals surface area contributed by atoms with E-state index in [1.807, 2.05) is 18.2 Å². The lowest BCUT2D eigenvalue weighted by molar-refractivity contribution is 0.461. The number of H-pyrrole nitrogens is 1. The smallest absolute Gasteiger partial charge is 0.242 e. The van der Waals surface area contributed by atoms with E-state index in [1.54, 1.807) is 30.6 Å². The number of aromatic nitrogens is 4. The Morgan fingerprint density at radius 2 is 1.90 bits per heavy atom. The minimum absolute atomic E-state index is 0.108. The van der Waals surface area contributed by atoms with Crippen LogP contribution in [0.5, 0.6) is 11.6 Å². The van der Waals surface area contributed by atoms with Gasteiger partial charge in [0.1, 0.15) is 10.6 Å². The first kappa shape index (κ1) is 18.7. The van der Waals surface area contributed by atoms with Crippen molar-refractivity contribution in [3.05, 3.63) is 72.2 Å². The van der Waals surface area contributed by atoms with E-state index in [0.717, 1.165) is 23.0 Å². The summed E-state index contributed by atoms with van der Waals surface area (Å²) >= 11 is 0. The first-order valence-corrected chi connectivity index (χ1v) is 11.1. The van der Waals surface area contributed by atoms with Gasteiger partial charge in [0.2, 0.25) is 15.9 Å². The number of nitrogens with zero attached hydrogens (tertiary/aromatic N) is 3. The number of ether oxygens (including phenoxy) is 1. The van der Waals surface area contributed by atoms with Crippen LogP contribution in [0.1, 0.15) is 17.5 Å². The topological polar surface area (TPSA) is 110 Å². The highest BCUT2D eigenvalue weighted by molar-refractivity contribution is 7.89. The summed E-state index contributed by atoms with van der Waals surface area (Å²) in [4.78, 5) is 8.61. The second-order valence-corrected chi connectivity index (χ2v) is 8.92. The summed E-state index contributed by atoms with van der Waals surface area (Å²) in [6, 6.07) is 12.1. The summed E-state index contributed by atoms with van der Waals surface area (Å²) in [6.45, 7) is 0. The molecule has 4 aromatic rings. The molecule has 3 heterocycles. The SMILES string of the molecule is O=S(=O)(NC1CCc2c(cnc3[nH]ncc23)C1)c1ccc(Oc2ccccc2)nc1. The summed E-state index contributed by atoms with van der Waals surface area (Å²) < 4.78 is 34.1. The van der Waals surface area contributed by atoms with Crippen LogP contribution in [-0.4, -0.2) is 34.6 Å². The summed E-state index contributed by atoms with van der Waals surface area (Å²) in [7, 11) is -3.69. The zero-order chi connectivity index (χ0) is 20.6. The van der Waals surface area contributed by atoms with Crippen molar-refractivity contribution in [1.82, 2.24) is 24.9 Å². The monoisotopic (exact) mass is 421 g/mol. The molecule has 1 aliphatic carbocycles. The minimum Gasteiger partial charge on any atom is -0.439 e. The van der Waals surface area contributed by atoms with Gasteiger partial charge in [0.15, 0.2) is 5.65 Å². The molecular formula is C21H19N5O3S. The summed E-state index contributed by atoms with van der Waals surface area (Å²) in [6.07, 6.45) is 6.95. The molecule has 1 atom stereocenters. The molecule has 3 aromatic heterocycles. The third-order valence-electron chi connectivity index (χ3n) is 5.20. The lowest BCUT2D eigenvalue weighted by Gasteiger charge is -2.25. The number of benzene rings is 1. The molecule has 0 aliphatic heterocycles. The molecule has 1 aliphatic rings. The van der Waals surface area contributed by atoms with E-state index in [0.29, 0.717) is 24.5 Å². The Morgan fingerprint density at radius 3 is 2.70 bits per heavy atom. The van der Waals surface area contributed by atoms with Crippen molar-refractivity contribution < 1.29 is 13.2 Å². The fraction of sp³-hybridized carbons (Fsp3) is 0.190. The van der Waals surface area contributed by atoms with Gasteiger partial charge < -0.3 is 4.74 Å². The van der Waals surface area contributed by atoms with Gasteiger partial charge in [0.05, 0.1) is 12.4 Å². The van der Waals surface area contributed by atoms with E-state index in [-0.39, 0.29) is 10.9 Å². The summed E-state index contributed by atoms with van der Waals surface area (Å²) in [5.74, 6) is 0.974. The average molecular weight is 421 g/mol. The molecule has 9 heteroatoms. The van der Waals surface area contributed by atoms with Gasteiger partial charge in [-0.2, -0.15) is 5.10 Å². The number of para-hydroxylation sites is 1. The lowest BCUT2D eigenvalue weighted by Crippen LogP contribution is -2.38. The second-order valence-electron chi connectivity index (χ2n) is 7.20. The quantitative estimate of drug-likeness (QED) is 0.513. The van der Waals surface area contributed by atoms with Crippen molar-refractivity contribution in [3.63, 3.8) is 0 Å². The molecule has 0 bridgehead atoms. The molecule has 0 saturated carbocycles. The number of pyridine rings is 2. The van der Waals surface area contributed by atoms with E-state index in [4.69, 9.17) is 4.74 Å². The molecule has 1 unspecified atom stereocenters. The van der Waals surface area contributed by atoms with Crippen molar-refractivity contribution in [2.45, 2.75) is 30.2 Å². The van der Waals surface area contributed by atoms with Crippen molar-refractivity contribution in [2.75, 3.05) is 0 Å². The van der Waals surface area contributed by atoms with Crippen molar-refractivity contribution in [3.8, 4) is 11.6 Å². The number of hydrogen-bond donors (Lipinski definition) is 2. The molecule has 0 amide bonds. The molecule has 30 heavy (non-hydrogen) atoms. The Morgan fingerprint density at radius 1 is 1.03 bits per heavy atom. The summed E-state index contributed by atoms with van der Waals surface area (Å²) in [5, 5.41) is 7.92. The lowest BCUT2D eigenvalue weighted by atomic mass is 9.88. The average Bonchev–Trinajstić information content (AvgIpc) is 3.24. The van der Waals surface area contributed by atoms with Crippen LogP contribution >= 0.6 is 0 Å². The number of hydrogen-bond acceptors (Lipinski definition) is 6. The molecule has 0 spiro atoms. The third kappa shape index (κ3) is 3.64. The predicted molar refractivity (Wildman–Crippen MR) is 111 cm³/mol. The fourth-order valence-corrected chi connectivity index (χ4v) is 4.95. The maximum absolute atomic E-state index is 12.8. The number of sulfonamides is 1. The van der Waals surface area contributed by atoms with Crippen molar-refractivity contribution >= 4 is 21.1 Å². The van der Waals surface area contributed by atoms with E-state index >= 15 is 0 Å². The zero-order valence-electron chi connectivity index (χ0n) is 15.9. The van der Waals surface area contributed by atoms with E-state index in [1.165, 1.54) is 17.8 Å². The first-order chi connectivity index (χ1) is 14.6. The minimum atomic E-state index is -3.69. The van der Waals surface area contributed by atoms with Gasteiger partial charge in [-0.1, -0.05) is 18.2 Å². The van der Waals surface area contributed by atoms with Crippen molar-refractivity contribution in [1.29, 1.82) is 0 Å². The highest BCUT2D eigenvalue weighted by atomic mass is 32.2. The van der Waals surface area contributed by atoms with Crippen LogP contribution in [0, 0.1) is 0 Å². The van der Waals surface area contributed by atoms with E-state index in [2.05, 4.69) is 24.9 Å². The fourth-order valence-electron chi connectivity index (χ4n) is 3.73. The molecule has 2 N–H and O–H groups in total. The van der Waals surface area contributed by atoms with Gasteiger partial charge >= 0.3 is 0 Å². The van der Waals surface area contributed by atoms with Crippen LogP contribution in [0.25, 0.3) is 11.0 Å². The maximum atomic E-state index is 12.8. The van der Waals surface area contributed by atoms with Gasteiger partial charge in [-0.3, -0.25) is 5.10 Å². The molecule has 1 aromatic carbocycles. The van der Waals surface area contributed by atoms with Crippen molar-refractivity contribution in [2.24, 2.45) is 0 Å². The number of aryl methyl sites for hydroxylation is 1. The normalized spacial score (nSPS) is 16.3. The predicted octanol–water partition coefficient (Wildman–Crippen LogP) is 2.98. The Kier molecular flexibility index (Phi) is 4.68. The third-order valence-corrected chi connectivity index (χ3v) is 6.70. The van der Waals surface area contributed by atoms with Crippen LogP contribution in [-0.2, 0) is 22.9 Å². The Balaban J connectivity index is 1.30. The number of rotatable bonds is 5. The molecule has 152 valence electrons. The van der Waals surface area contributed by atoms with Gasteiger partial charge in [-0.05, 0) is 48.6 Å². The van der Waals surface area contributed by atoms with E-state index < -0.39 is 10.0 Å². The van der Waals surface area contributed by atoms with Crippen LogP contribution in [0.4, 0.5) is 0 Å². The molecule has 0 fully saturated rings. The largest absolute Gasteiger partial charge is 0.439 e. The number of aromatic amines is 1. The van der Waals surface area contributed by atoms with Gasteiger partial charge in [-0.25, -0.2) is 23.1 Å². The Hall–Kier alpha value is -3.30. The Labute approximate surface area is 173 Å². The van der Waals surface area contributed by atoms with Gasteiger partial charge in [0, 0.05) is 23.7 Å². The molecule has 5 rings (SSSR count). The zero-order valence-corrected chi connectivity index (χ0v) is 16.8. The standard InChI is InChI=1S/C21H19N5O3S/c27-30(28,17-7-9-20(22-12-17)29-16-4-2-1-3-5-16)26-15-6-8-18-14(10-15)11-23-21-19(18)13-24-25-21/h1-5,7,9,11-13,15,26H,6,8,10H2,(H,23,24,25). The molecular weight excluding hydrogens is 402 g/mol. The second kappa shape index (κ2) is 7.51. The molecule has 0 radical (unpaired) electrons. The Bertz CT molecular complexity index is 1290.